The van der Waals surface area contributed by atoms with Crippen LogP contribution in [0.5, 0.6) is 0 Å². The number of carbonyl (C=O) groups excluding carboxylic acids is 2. The summed E-state index contributed by atoms with van der Waals surface area (Å²) in [5, 5.41) is 6.89. The number of carbonyl (C=O) groups is 2. The minimum absolute atomic E-state index is 0.0534. The summed E-state index contributed by atoms with van der Waals surface area (Å²) in [5.41, 5.74) is 0. The molecule has 77 valence electrons. The van der Waals surface area contributed by atoms with Crippen LogP contribution in [-0.2, 0) is 9.59 Å². The van der Waals surface area contributed by atoms with E-state index in [-0.39, 0.29) is 6.17 Å². The van der Waals surface area contributed by atoms with Crippen LogP contribution in [0.4, 0.5) is 0 Å². The molecule has 14 heavy (non-hydrogen) atoms. The van der Waals surface area contributed by atoms with Crippen LogP contribution in [0, 0.1) is 0 Å². The highest BCUT2D eigenvalue weighted by Gasteiger charge is 2.32. The van der Waals surface area contributed by atoms with Gasteiger partial charge in [0.2, 0.25) is 0 Å². The number of rotatable bonds is 1. The zero-order valence-corrected chi connectivity index (χ0v) is 8.03. The van der Waals surface area contributed by atoms with E-state index >= 15 is 0 Å². The zero-order chi connectivity index (χ0) is 9.97. The first-order valence-corrected chi connectivity index (χ1v) is 5.04. The second kappa shape index (κ2) is 3.96. The van der Waals surface area contributed by atoms with Gasteiger partial charge in [-0.2, -0.15) is 0 Å². The van der Waals surface area contributed by atoms with E-state index in [2.05, 4.69) is 10.6 Å². The highest BCUT2D eigenvalue weighted by molar-refractivity contribution is 6.35. The molecule has 2 aliphatic rings. The van der Waals surface area contributed by atoms with E-state index in [1.807, 2.05) is 0 Å². The van der Waals surface area contributed by atoms with Crippen molar-refractivity contribution >= 4 is 11.8 Å². The van der Waals surface area contributed by atoms with Gasteiger partial charge >= 0.3 is 11.8 Å². The van der Waals surface area contributed by atoms with E-state index < -0.39 is 11.8 Å². The van der Waals surface area contributed by atoms with E-state index in [1.165, 1.54) is 0 Å². The SMILES string of the molecule is O=C1NCCN(C2CCCC[N]2)C1=O. The van der Waals surface area contributed by atoms with Crippen molar-refractivity contribution in [2.75, 3.05) is 19.6 Å². The quantitative estimate of drug-likeness (QED) is 0.550. The predicted octanol–water partition coefficient (Wildman–Crippen LogP) is -0.941. The van der Waals surface area contributed by atoms with Crippen LogP contribution in [0.1, 0.15) is 19.3 Å². The molecule has 0 aromatic carbocycles. The molecule has 2 fully saturated rings. The minimum Gasteiger partial charge on any atom is -0.346 e. The molecule has 0 spiro atoms. The van der Waals surface area contributed by atoms with Crippen molar-refractivity contribution in [2.24, 2.45) is 0 Å². The molecule has 2 saturated heterocycles. The Morgan fingerprint density at radius 3 is 2.93 bits per heavy atom. The maximum atomic E-state index is 11.5. The van der Waals surface area contributed by atoms with Gasteiger partial charge in [-0.3, -0.25) is 9.59 Å². The Balaban J connectivity index is 2.00. The Morgan fingerprint density at radius 2 is 2.21 bits per heavy atom. The first kappa shape index (κ1) is 9.45. The summed E-state index contributed by atoms with van der Waals surface area (Å²) in [6.45, 7) is 1.96. The van der Waals surface area contributed by atoms with Crippen LogP contribution in [0.3, 0.4) is 0 Å². The Kier molecular flexibility index (Phi) is 2.67. The molecular formula is C9H14N3O2. The van der Waals surface area contributed by atoms with E-state index in [4.69, 9.17) is 0 Å². The molecule has 1 radical (unpaired) electrons. The topological polar surface area (TPSA) is 63.5 Å². The molecule has 0 saturated carbocycles. The van der Waals surface area contributed by atoms with Gasteiger partial charge in [0.05, 0.1) is 6.17 Å². The Bertz CT molecular complexity index is 248. The first-order valence-electron chi connectivity index (χ1n) is 5.04. The van der Waals surface area contributed by atoms with Crippen LogP contribution in [0.2, 0.25) is 0 Å². The average molecular weight is 196 g/mol. The second-order valence-corrected chi connectivity index (χ2v) is 3.64. The molecule has 0 aliphatic carbocycles. The van der Waals surface area contributed by atoms with Crippen molar-refractivity contribution in [3.8, 4) is 0 Å². The van der Waals surface area contributed by atoms with Gasteiger partial charge < -0.3 is 10.2 Å². The first-order chi connectivity index (χ1) is 6.79. The Morgan fingerprint density at radius 1 is 1.36 bits per heavy atom. The summed E-state index contributed by atoms with van der Waals surface area (Å²) in [6.07, 6.45) is 3.05. The summed E-state index contributed by atoms with van der Waals surface area (Å²) >= 11 is 0. The molecule has 0 bridgehead atoms. The van der Waals surface area contributed by atoms with E-state index in [0.29, 0.717) is 13.1 Å². The van der Waals surface area contributed by atoms with Crippen LogP contribution in [-0.4, -0.2) is 42.5 Å². The summed E-state index contributed by atoms with van der Waals surface area (Å²) in [7, 11) is 0. The number of hydrogen-bond acceptors (Lipinski definition) is 2. The summed E-state index contributed by atoms with van der Waals surface area (Å²) in [4.78, 5) is 24.2. The maximum Gasteiger partial charge on any atom is 0.313 e. The second-order valence-electron chi connectivity index (χ2n) is 3.64. The van der Waals surface area contributed by atoms with Crippen LogP contribution < -0.4 is 10.6 Å². The van der Waals surface area contributed by atoms with Crippen molar-refractivity contribution in [2.45, 2.75) is 25.4 Å². The molecule has 1 N–H and O–H groups in total. The standard InChI is InChI=1S/C9H14N3O2/c13-8-9(14)12(6-5-11-8)7-3-1-2-4-10-7/h7H,1-6H2,(H,11,13). The molecule has 5 heteroatoms. The van der Waals surface area contributed by atoms with Crippen molar-refractivity contribution < 1.29 is 9.59 Å². The minimum atomic E-state index is -0.489. The van der Waals surface area contributed by atoms with Gasteiger partial charge in [-0.1, -0.05) is 0 Å². The van der Waals surface area contributed by atoms with E-state index in [9.17, 15) is 9.59 Å². The lowest BCUT2D eigenvalue weighted by Gasteiger charge is -2.35. The molecule has 1 atom stereocenters. The maximum absolute atomic E-state index is 11.5. The molecule has 2 aliphatic heterocycles. The lowest BCUT2D eigenvalue weighted by Crippen LogP contribution is -2.58. The van der Waals surface area contributed by atoms with Gasteiger partial charge in [-0.25, -0.2) is 5.32 Å². The summed E-state index contributed by atoms with van der Waals surface area (Å²) in [5.74, 6) is -0.913. The fourth-order valence-corrected chi connectivity index (χ4v) is 1.91. The molecule has 1 unspecified atom stereocenters. The van der Waals surface area contributed by atoms with Gasteiger partial charge in [-0.05, 0) is 19.3 Å². The zero-order valence-electron chi connectivity index (χ0n) is 8.03. The predicted molar refractivity (Wildman–Crippen MR) is 49.4 cm³/mol. The van der Waals surface area contributed by atoms with Crippen LogP contribution in [0.15, 0.2) is 0 Å². The van der Waals surface area contributed by atoms with Crippen molar-refractivity contribution in [3.05, 3.63) is 0 Å². The number of piperidine rings is 1. The number of hydrogen-bond donors (Lipinski definition) is 1. The molecule has 0 aromatic heterocycles. The third-order valence-electron chi connectivity index (χ3n) is 2.66. The lowest BCUT2D eigenvalue weighted by atomic mass is 10.1. The van der Waals surface area contributed by atoms with Crippen LogP contribution >= 0.6 is 0 Å². The van der Waals surface area contributed by atoms with Gasteiger partial charge in [0.15, 0.2) is 0 Å². The largest absolute Gasteiger partial charge is 0.346 e. The number of nitrogens with one attached hydrogen (secondary N) is 1. The van der Waals surface area contributed by atoms with Crippen molar-refractivity contribution in [1.82, 2.24) is 15.5 Å². The number of nitrogens with zero attached hydrogens (tertiary/aromatic N) is 2. The molecule has 2 heterocycles. The molecule has 2 rings (SSSR count). The highest BCUT2D eigenvalue weighted by atomic mass is 16.2. The Hall–Kier alpha value is -1.10. The van der Waals surface area contributed by atoms with Crippen molar-refractivity contribution in [3.63, 3.8) is 0 Å². The lowest BCUT2D eigenvalue weighted by molar-refractivity contribution is -0.150. The Labute approximate surface area is 82.8 Å². The normalized spacial score (nSPS) is 28.9. The van der Waals surface area contributed by atoms with Gasteiger partial charge in [-0.15, -0.1) is 0 Å². The van der Waals surface area contributed by atoms with Gasteiger partial charge in [0.25, 0.3) is 0 Å². The fourth-order valence-electron chi connectivity index (χ4n) is 1.91. The highest BCUT2D eigenvalue weighted by Crippen LogP contribution is 2.13. The average Bonchev–Trinajstić information content (AvgIpc) is 2.23. The van der Waals surface area contributed by atoms with E-state index in [0.717, 1.165) is 25.8 Å². The molecule has 2 amide bonds. The number of piperazine rings is 1. The van der Waals surface area contributed by atoms with Crippen molar-refractivity contribution in [1.29, 1.82) is 0 Å². The fraction of sp³-hybridized carbons (Fsp3) is 0.778. The summed E-state index contributed by atoms with van der Waals surface area (Å²) < 4.78 is 0. The molecule has 0 aromatic rings. The third-order valence-corrected chi connectivity index (χ3v) is 2.66. The smallest absolute Gasteiger partial charge is 0.313 e. The van der Waals surface area contributed by atoms with Gasteiger partial charge in [0, 0.05) is 19.6 Å². The monoisotopic (exact) mass is 196 g/mol. The van der Waals surface area contributed by atoms with Gasteiger partial charge in [0.1, 0.15) is 0 Å². The molecular weight excluding hydrogens is 182 g/mol. The summed E-state index contributed by atoms with van der Waals surface area (Å²) in [6, 6.07) is 0. The van der Waals surface area contributed by atoms with Crippen LogP contribution in [0.25, 0.3) is 0 Å². The van der Waals surface area contributed by atoms with E-state index in [1.54, 1.807) is 4.90 Å². The molecule has 5 nitrogen and oxygen atoms in total. The third kappa shape index (κ3) is 1.72. The number of amides is 2.